The van der Waals surface area contributed by atoms with Crippen molar-refractivity contribution in [1.82, 2.24) is 4.98 Å². The van der Waals surface area contributed by atoms with Crippen LogP contribution in [-0.4, -0.2) is 25.1 Å². The average Bonchev–Trinajstić information content (AvgIpc) is 2.74. The van der Waals surface area contributed by atoms with E-state index in [1.165, 1.54) is 0 Å². The Kier molecular flexibility index (Phi) is 6.34. The Hall–Kier alpha value is -3.54. The van der Waals surface area contributed by atoms with Gasteiger partial charge in [-0.25, -0.2) is 0 Å². The smallest absolute Gasteiger partial charge is 0.257 e. The summed E-state index contributed by atoms with van der Waals surface area (Å²) in [6.45, 7) is 4.19. The first kappa shape index (κ1) is 20.2. The van der Waals surface area contributed by atoms with Gasteiger partial charge in [0, 0.05) is 18.0 Å². The van der Waals surface area contributed by atoms with Gasteiger partial charge in [0.1, 0.15) is 11.5 Å². The van der Waals surface area contributed by atoms with Crippen LogP contribution in [-0.2, 0) is 0 Å². The molecule has 0 aliphatic heterocycles. The minimum atomic E-state index is -0.216. The van der Waals surface area contributed by atoms with Gasteiger partial charge in [-0.15, -0.1) is 0 Å². The van der Waals surface area contributed by atoms with E-state index in [-0.39, 0.29) is 5.91 Å². The van der Waals surface area contributed by atoms with E-state index in [1.54, 1.807) is 32.7 Å². The van der Waals surface area contributed by atoms with Gasteiger partial charge in [0.25, 0.3) is 5.91 Å². The molecule has 0 unspecified atom stereocenters. The molecule has 0 radical (unpaired) electrons. The largest absolute Gasteiger partial charge is 0.497 e. The van der Waals surface area contributed by atoms with E-state index in [0.29, 0.717) is 28.7 Å². The lowest BCUT2D eigenvalue weighted by atomic mass is 10.0. The number of nitrogens with one attached hydrogen (secondary N) is 2. The summed E-state index contributed by atoms with van der Waals surface area (Å²) < 4.78 is 10.7. The number of carbonyl (C=O) groups is 1. The lowest BCUT2D eigenvalue weighted by molar-refractivity contribution is 0.102. The molecule has 0 bridgehead atoms. The Morgan fingerprint density at radius 3 is 2.48 bits per heavy atom. The van der Waals surface area contributed by atoms with Gasteiger partial charge < -0.3 is 20.1 Å². The topological polar surface area (TPSA) is 72.5 Å². The quantitative estimate of drug-likeness (QED) is 0.578. The summed E-state index contributed by atoms with van der Waals surface area (Å²) in [5.41, 5.74) is 3.73. The number of pyridine rings is 1. The molecule has 0 spiro atoms. The number of nitrogens with zero attached hydrogens (tertiary/aromatic N) is 1. The zero-order valence-electron chi connectivity index (χ0n) is 17.0. The van der Waals surface area contributed by atoms with E-state index >= 15 is 0 Å². The van der Waals surface area contributed by atoms with Gasteiger partial charge in [0.2, 0.25) is 0 Å². The van der Waals surface area contributed by atoms with Crippen molar-refractivity contribution in [3.63, 3.8) is 0 Å². The third-order valence-electron chi connectivity index (χ3n) is 4.52. The third-order valence-corrected chi connectivity index (χ3v) is 4.52. The van der Waals surface area contributed by atoms with Crippen molar-refractivity contribution in [1.29, 1.82) is 0 Å². The van der Waals surface area contributed by atoms with Crippen molar-refractivity contribution in [3.05, 3.63) is 72.1 Å². The number of hydrogen-bond donors (Lipinski definition) is 2. The molecule has 150 valence electrons. The van der Waals surface area contributed by atoms with Gasteiger partial charge >= 0.3 is 0 Å². The Morgan fingerprint density at radius 1 is 0.966 bits per heavy atom. The number of methoxy groups -OCH3 is 2. The summed E-state index contributed by atoms with van der Waals surface area (Å²) in [7, 11) is 3.20. The molecule has 1 aromatic heterocycles. The van der Waals surface area contributed by atoms with Crippen molar-refractivity contribution in [2.24, 2.45) is 0 Å². The number of carbonyl (C=O) groups excluding carboxylic acids is 1. The molecule has 0 fully saturated rings. The van der Waals surface area contributed by atoms with Crippen molar-refractivity contribution >= 4 is 23.0 Å². The van der Waals surface area contributed by atoms with Gasteiger partial charge in [-0.2, -0.15) is 0 Å². The molecule has 6 heteroatoms. The SMILES string of the molecule is COc1ccc(OC)c(Nc2cncc(C(=O)Nc3ccccc3C(C)C)c2)c1. The molecule has 3 rings (SSSR count). The molecule has 0 aliphatic carbocycles. The number of ether oxygens (including phenoxy) is 2. The number of anilines is 3. The maximum atomic E-state index is 12.8. The zero-order valence-corrected chi connectivity index (χ0v) is 17.0. The van der Waals surface area contributed by atoms with E-state index in [4.69, 9.17) is 9.47 Å². The first-order chi connectivity index (χ1) is 14.0. The predicted molar refractivity (Wildman–Crippen MR) is 116 cm³/mol. The Balaban J connectivity index is 1.82. The van der Waals surface area contributed by atoms with Gasteiger partial charge in [-0.05, 0) is 35.7 Å². The van der Waals surface area contributed by atoms with Crippen LogP contribution < -0.4 is 20.1 Å². The van der Waals surface area contributed by atoms with E-state index in [0.717, 1.165) is 16.9 Å². The second-order valence-corrected chi connectivity index (χ2v) is 6.85. The summed E-state index contributed by atoms with van der Waals surface area (Å²) in [6, 6.07) is 15.0. The molecule has 3 aromatic rings. The van der Waals surface area contributed by atoms with Crippen LogP contribution in [0.2, 0.25) is 0 Å². The number of rotatable bonds is 7. The van der Waals surface area contributed by atoms with Crippen molar-refractivity contribution in [2.75, 3.05) is 24.9 Å². The Morgan fingerprint density at radius 2 is 1.76 bits per heavy atom. The summed E-state index contributed by atoms with van der Waals surface area (Å²) in [5.74, 6) is 1.44. The second kappa shape index (κ2) is 9.10. The number of amides is 1. The molecule has 1 heterocycles. The fourth-order valence-electron chi connectivity index (χ4n) is 3.01. The molecule has 0 saturated carbocycles. The molecule has 0 aliphatic rings. The standard InChI is InChI=1S/C23H25N3O3/c1-15(2)19-7-5-6-8-20(19)26-23(27)16-11-17(14-24-13-16)25-21-12-18(28-3)9-10-22(21)29-4/h5-15,25H,1-4H3,(H,26,27). The van der Waals surface area contributed by atoms with Crippen LogP contribution in [0.5, 0.6) is 11.5 Å². The lowest BCUT2D eigenvalue weighted by Crippen LogP contribution is -2.14. The number of aromatic nitrogens is 1. The van der Waals surface area contributed by atoms with Gasteiger partial charge in [-0.1, -0.05) is 32.0 Å². The predicted octanol–water partition coefficient (Wildman–Crippen LogP) is 5.22. The van der Waals surface area contributed by atoms with Gasteiger partial charge in [0.05, 0.1) is 37.4 Å². The monoisotopic (exact) mass is 391 g/mol. The highest BCUT2D eigenvalue weighted by molar-refractivity contribution is 6.05. The fourth-order valence-corrected chi connectivity index (χ4v) is 3.01. The lowest BCUT2D eigenvalue weighted by Gasteiger charge is -2.15. The summed E-state index contributed by atoms with van der Waals surface area (Å²) in [4.78, 5) is 17.0. The molecule has 0 atom stereocenters. The zero-order chi connectivity index (χ0) is 20.8. The van der Waals surface area contributed by atoms with E-state index < -0.39 is 0 Å². The molecule has 0 saturated heterocycles. The third kappa shape index (κ3) is 4.85. The fraction of sp³-hybridized carbons (Fsp3) is 0.217. The molecule has 6 nitrogen and oxygen atoms in total. The van der Waals surface area contributed by atoms with E-state index in [1.807, 2.05) is 42.5 Å². The minimum absolute atomic E-state index is 0.216. The first-order valence-electron chi connectivity index (χ1n) is 9.36. The van der Waals surface area contributed by atoms with Crippen LogP contribution in [0.4, 0.5) is 17.1 Å². The van der Waals surface area contributed by atoms with E-state index in [2.05, 4.69) is 29.5 Å². The first-order valence-corrected chi connectivity index (χ1v) is 9.36. The van der Waals surface area contributed by atoms with Crippen LogP contribution in [0.3, 0.4) is 0 Å². The molecule has 2 aromatic carbocycles. The van der Waals surface area contributed by atoms with Crippen molar-refractivity contribution in [3.8, 4) is 11.5 Å². The second-order valence-electron chi connectivity index (χ2n) is 6.85. The number of benzene rings is 2. The summed E-state index contributed by atoms with van der Waals surface area (Å²) in [6.07, 6.45) is 3.19. The van der Waals surface area contributed by atoms with Crippen LogP contribution in [0.15, 0.2) is 60.9 Å². The molecular formula is C23H25N3O3. The maximum absolute atomic E-state index is 12.8. The summed E-state index contributed by atoms with van der Waals surface area (Å²) in [5, 5.41) is 6.23. The summed E-state index contributed by atoms with van der Waals surface area (Å²) >= 11 is 0. The highest BCUT2D eigenvalue weighted by Crippen LogP contribution is 2.31. The molecule has 29 heavy (non-hydrogen) atoms. The minimum Gasteiger partial charge on any atom is -0.497 e. The highest BCUT2D eigenvalue weighted by atomic mass is 16.5. The van der Waals surface area contributed by atoms with Crippen molar-refractivity contribution < 1.29 is 14.3 Å². The van der Waals surface area contributed by atoms with Crippen LogP contribution >= 0.6 is 0 Å². The molecule has 1 amide bonds. The number of hydrogen-bond acceptors (Lipinski definition) is 5. The van der Waals surface area contributed by atoms with Crippen LogP contribution in [0.1, 0.15) is 35.7 Å². The van der Waals surface area contributed by atoms with E-state index in [9.17, 15) is 4.79 Å². The Labute approximate surface area is 170 Å². The van der Waals surface area contributed by atoms with Crippen molar-refractivity contribution in [2.45, 2.75) is 19.8 Å². The van der Waals surface area contributed by atoms with Crippen LogP contribution in [0, 0.1) is 0 Å². The average molecular weight is 391 g/mol. The molecule has 2 N–H and O–H groups in total. The molecular weight excluding hydrogens is 366 g/mol. The highest BCUT2D eigenvalue weighted by Gasteiger charge is 2.13. The van der Waals surface area contributed by atoms with Gasteiger partial charge in [-0.3, -0.25) is 9.78 Å². The number of para-hydroxylation sites is 1. The Bertz CT molecular complexity index is 1000. The maximum Gasteiger partial charge on any atom is 0.257 e. The van der Waals surface area contributed by atoms with Crippen LogP contribution in [0.25, 0.3) is 0 Å². The van der Waals surface area contributed by atoms with Gasteiger partial charge in [0.15, 0.2) is 0 Å². The normalized spacial score (nSPS) is 10.5.